The number of carbonyl (C=O) groups is 2. The van der Waals surface area contributed by atoms with Crippen LogP contribution in [0.2, 0.25) is 0 Å². The van der Waals surface area contributed by atoms with E-state index in [0.717, 1.165) is 0 Å². The Morgan fingerprint density at radius 1 is 1.04 bits per heavy atom. The summed E-state index contributed by atoms with van der Waals surface area (Å²) in [6.45, 7) is 1.82. The lowest BCUT2D eigenvalue weighted by Gasteiger charge is -2.27. The van der Waals surface area contributed by atoms with Gasteiger partial charge in [-0.05, 0) is 29.8 Å². The molecule has 0 aromatic heterocycles. The maximum absolute atomic E-state index is 13.4. The van der Waals surface area contributed by atoms with Crippen molar-refractivity contribution in [1.29, 1.82) is 0 Å². The Hall–Kier alpha value is -2.73. The number of aliphatic hydroxyl groups is 1. The molecule has 2 amide bonds. The van der Waals surface area contributed by atoms with E-state index < -0.39 is 5.41 Å². The van der Waals surface area contributed by atoms with E-state index in [-0.39, 0.29) is 36.6 Å². The summed E-state index contributed by atoms with van der Waals surface area (Å²) in [6.07, 6.45) is 0.138. The largest absolute Gasteiger partial charge is 0.396 e. The van der Waals surface area contributed by atoms with Gasteiger partial charge in [0.25, 0.3) is 5.91 Å². The first kappa shape index (κ1) is 18.6. The van der Waals surface area contributed by atoms with Crippen LogP contribution in [0.25, 0.3) is 0 Å². The van der Waals surface area contributed by atoms with Gasteiger partial charge in [-0.15, -0.1) is 0 Å². The van der Waals surface area contributed by atoms with Crippen LogP contribution in [-0.4, -0.2) is 59.5 Å². The van der Waals surface area contributed by atoms with Crippen LogP contribution in [0.1, 0.15) is 15.9 Å². The van der Waals surface area contributed by atoms with Gasteiger partial charge in [0.1, 0.15) is 5.82 Å². The molecule has 1 N–H and O–H groups in total. The quantitative estimate of drug-likeness (QED) is 0.880. The molecule has 0 saturated carbocycles. The van der Waals surface area contributed by atoms with E-state index in [1.807, 2.05) is 18.2 Å². The minimum Gasteiger partial charge on any atom is -0.396 e. The highest BCUT2D eigenvalue weighted by atomic mass is 19.1. The molecule has 2 heterocycles. The fraction of sp³-hybridized carbons (Fsp3) is 0.364. The third-order valence-corrected chi connectivity index (χ3v) is 5.98. The van der Waals surface area contributed by atoms with Crippen molar-refractivity contribution >= 4 is 11.8 Å². The summed E-state index contributed by atoms with van der Waals surface area (Å²) in [5, 5.41) is 10.1. The van der Waals surface area contributed by atoms with Gasteiger partial charge >= 0.3 is 0 Å². The Balaban J connectivity index is 1.44. The molecule has 146 valence electrons. The number of likely N-dealkylation sites (tertiary alicyclic amines) is 2. The Labute approximate surface area is 163 Å². The van der Waals surface area contributed by atoms with Crippen LogP contribution in [0, 0.1) is 17.2 Å². The Morgan fingerprint density at radius 2 is 1.75 bits per heavy atom. The van der Waals surface area contributed by atoms with Crippen LogP contribution in [-0.2, 0) is 11.2 Å². The summed E-state index contributed by atoms with van der Waals surface area (Å²) >= 11 is 0. The normalized spacial score (nSPS) is 23.7. The first-order chi connectivity index (χ1) is 13.5. The zero-order valence-corrected chi connectivity index (χ0v) is 15.6. The van der Waals surface area contributed by atoms with Gasteiger partial charge in [-0.25, -0.2) is 4.39 Å². The van der Waals surface area contributed by atoms with Crippen LogP contribution >= 0.6 is 0 Å². The van der Waals surface area contributed by atoms with Crippen LogP contribution in [0.4, 0.5) is 4.39 Å². The van der Waals surface area contributed by atoms with Crippen molar-refractivity contribution in [2.45, 2.75) is 6.42 Å². The van der Waals surface area contributed by atoms with E-state index in [1.165, 1.54) is 12.1 Å². The number of hydrogen-bond acceptors (Lipinski definition) is 3. The van der Waals surface area contributed by atoms with Gasteiger partial charge in [-0.2, -0.15) is 0 Å². The number of amides is 2. The lowest BCUT2D eigenvalue weighted by molar-refractivity contribution is -0.130. The first-order valence-corrected chi connectivity index (χ1v) is 9.48. The average molecular weight is 382 g/mol. The minimum absolute atomic E-state index is 0.0412. The highest BCUT2D eigenvalue weighted by Gasteiger charge is 2.54. The molecule has 0 radical (unpaired) electrons. The second-order valence-electron chi connectivity index (χ2n) is 7.85. The van der Waals surface area contributed by atoms with Crippen molar-refractivity contribution < 1.29 is 19.1 Å². The third-order valence-electron chi connectivity index (χ3n) is 5.98. The van der Waals surface area contributed by atoms with Gasteiger partial charge < -0.3 is 14.9 Å². The number of fused-ring (bicyclic) bond motifs is 1. The van der Waals surface area contributed by atoms with Crippen molar-refractivity contribution in [3.63, 3.8) is 0 Å². The zero-order valence-electron chi connectivity index (χ0n) is 15.6. The molecule has 2 fully saturated rings. The maximum Gasteiger partial charge on any atom is 0.253 e. The molecule has 6 heteroatoms. The Kier molecular flexibility index (Phi) is 4.89. The predicted molar refractivity (Wildman–Crippen MR) is 102 cm³/mol. The topological polar surface area (TPSA) is 60.9 Å². The highest BCUT2D eigenvalue weighted by molar-refractivity contribution is 5.94. The molecule has 2 aromatic rings. The smallest absolute Gasteiger partial charge is 0.253 e. The van der Waals surface area contributed by atoms with Crippen molar-refractivity contribution in [2.24, 2.45) is 11.3 Å². The van der Waals surface area contributed by atoms with E-state index in [0.29, 0.717) is 37.3 Å². The van der Waals surface area contributed by atoms with Crippen molar-refractivity contribution in [3.8, 4) is 0 Å². The van der Waals surface area contributed by atoms with Crippen molar-refractivity contribution in [1.82, 2.24) is 9.80 Å². The number of benzene rings is 2. The number of aliphatic hydroxyl groups excluding tert-OH is 1. The SMILES string of the molecule is O=C(Cc1cccc(F)c1)N1C[C@H]2CN(C(=O)c3ccccc3)C[C@@]2(CO)C1. The van der Waals surface area contributed by atoms with E-state index in [9.17, 15) is 19.1 Å². The van der Waals surface area contributed by atoms with E-state index >= 15 is 0 Å². The molecule has 2 aliphatic heterocycles. The molecule has 2 aliphatic rings. The fourth-order valence-electron chi connectivity index (χ4n) is 4.45. The summed E-state index contributed by atoms with van der Waals surface area (Å²) < 4.78 is 13.4. The molecular formula is C22H23FN2O3. The standard InChI is InChI=1S/C22H23FN2O3/c23-19-8-4-5-16(9-19)10-20(27)24-11-18-12-25(14-22(18,13-24)15-26)21(28)17-6-2-1-3-7-17/h1-9,18,26H,10-15H2/t18-,22+/m0/s1. The van der Waals surface area contributed by atoms with Crippen molar-refractivity contribution in [3.05, 3.63) is 71.5 Å². The van der Waals surface area contributed by atoms with E-state index in [4.69, 9.17) is 0 Å². The van der Waals surface area contributed by atoms with Gasteiger partial charge in [-0.3, -0.25) is 9.59 Å². The average Bonchev–Trinajstić information content (AvgIpc) is 3.23. The molecule has 0 unspecified atom stereocenters. The molecule has 2 aromatic carbocycles. The summed E-state index contributed by atoms with van der Waals surface area (Å²) in [5.41, 5.74) is 0.790. The molecular weight excluding hydrogens is 359 g/mol. The van der Waals surface area contributed by atoms with E-state index in [1.54, 1.807) is 34.1 Å². The molecule has 4 rings (SSSR count). The monoisotopic (exact) mass is 382 g/mol. The van der Waals surface area contributed by atoms with Crippen LogP contribution in [0.15, 0.2) is 54.6 Å². The van der Waals surface area contributed by atoms with Crippen LogP contribution in [0.5, 0.6) is 0 Å². The van der Waals surface area contributed by atoms with Crippen LogP contribution < -0.4 is 0 Å². The number of nitrogens with zero attached hydrogens (tertiary/aromatic N) is 2. The lowest BCUT2D eigenvalue weighted by Crippen LogP contribution is -2.40. The predicted octanol–water partition coefficient (Wildman–Crippen LogP) is 1.96. The maximum atomic E-state index is 13.4. The first-order valence-electron chi connectivity index (χ1n) is 9.48. The number of hydrogen-bond donors (Lipinski definition) is 1. The summed E-state index contributed by atoms with van der Waals surface area (Å²) in [4.78, 5) is 29.0. The van der Waals surface area contributed by atoms with Crippen LogP contribution in [0.3, 0.4) is 0 Å². The molecule has 2 atom stereocenters. The van der Waals surface area contributed by atoms with Gasteiger partial charge in [0.15, 0.2) is 0 Å². The van der Waals surface area contributed by atoms with E-state index in [2.05, 4.69) is 0 Å². The Morgan fingerprint density at radius 3 is 2.43 bits per heavy atom. The number of halogens is 1. The van der Waals surface area contributed by atoms with Crippen molar-refractivity contribution in [2.75, 3.05) is 32.8 Å². The molecule has 0 bridgehead atoms. The molecule has 5 nitrogen and oxygen atoms in total. The molecule has 0 aliphatic carbocycles. The second kappa shape index (κ2) is 7.36. The molecule has 2 saturated heterocycles. The third kappa shape index (κ3) is 3.40. The summed E-state index contributed by atoms with van der Waals surface area (Å²) in [7, 11) is 0. The lowest BCUT2D eigenvalue weighted by atomic mass is 9.82. The van der Waals surface area contributed by atoms with Gasteiger partial charge in [-0.1, -0.05) is 30.3 Å². The van der Waals surface area contributed by atoms with Gasteiger partial charge in [0, 0.05) is 43.1 Å². The zero-order chi connectivity index (χ0) is 19.7. The fourth-order valence-corrected chi connectivity index (χ4v) is 4.45. The highest BCUT2D eigenvalue weighted by Crippen LogP contribution is 2.42. The summed E-state index contributed by atoms with van der Waals surface area (Å²) in [5.74, 6) is -0.429. The molecule has 28 heavy (non-hydrogen) atoms. The number of rotatable bonds is 4. The summed E-state index contributed by atoms with van der Waals surface area (Å²) in [6, 6.07) is 15.2. The second-order valence-corrected chi connectivity index (χ2v) is 7.85. The molecule has 0 spiro atoms. The minimum atomic E-state index is -0.484. The number of carbonyl (C=O) groups excluding carboxylic acids is 2. The van der Waals surface area contributed by atoms with Gasteiger partial charge in [0.2, 0.25) is 5.91 Å². The van der Waals surface area contributed by atoms with Gasteiger partial charge in [0.05, 0.1) is 13.0 Å². The Bertz CT molecular complexity index is 888.